The molecule has 1 aliphatic heterocycles. The first-order chi connectivity index (χ1) is 14.0. The number of aryl methyl sites for hydroxylation is 2. The number of amides is 2. The Morgan fingerprint density at radius 3 is 2.62 bits per heavy atom. The number of hydrogen-bond donors (Lipinski definition) is 3. The summed E-state index contributed by atoms with van der Waals surface area (Å²) in [5.41, 5.74) is 3.20. The molecule has 1 saturated heterocycles. The van der Waals surface area contributed by atoms with Gasteiger partial charge in [0.25, 0.3) is 0 Å². The Kier molecular flexibility index (Phi) is 7.23. The van der Waals surface area contributed by atoms with Gasteiger partial charge in [0.2, 0.25) is 0 Å². The zero-order valence-electron chi connectivity index (χ0n) is 17.4. The number of nitrogens with zero attached hydrogens (tertiary/aromatic N) is 2. The maximum atomic E-state index is 12.2. The summed E-state index contributed by atoms with van der Waals surface area (Å²) in [6.07, 6.45) is 3.05. The van der Waals surface area contributed by atoms with Crippen LogP contribution in [0.4, 0.5) is 10.5 Å². The molecule has 3 rings (SSSR count). The van der Waals surface area contributed by atoms with Gasteiger partial charge in [-0.05, 0) is 43.9 Å². The molecule has 0 aliphatic carbocycles. The lowest BCUT2D eigenvalue weighted by Crippen LogP contribution is -2.47. The topological polar surface area (TPSA) is 77.5 Å². The number of likely N-dealkylation sites (tertiary alicyclic amines) is 1. The zero-order chi connectivity index (χ0) is 20.7. The largest absolute Gasteiger partial charge is 0.389 e. The number of anilines is 1. The van der Waals surface area contributed by atoms with E-state index in [1.54, 1.807) is 0 Å². The van der Waals surface area contributed by atoms with Gasteiger partial charge in [-0.2, -0.15) is 0 Å². The Labute approximate surface area is 173 Å². The lowest BCUT2D eigenvalue weighted by molar-refractivity contribution is -0.0201. The smallest absolute Gasteiger partial charge is 0.319 e. The second-order valence-corrected chi connectivity index (χ2v) is 7.95. The van der Waals surface area contributed by atoms with Crippen LogP contribution >= 0.6 is 0 Å². The molecular formula is C23H32N4O2. The number of hydrogen-bond acceptors (Lipinski definition) is 4. The van der Waals surface area contributed by atoms with E-state index in [1.807, 2.05) is 44.2 Å². The molecule has 1 aromatic carbocycles. The molecule has 6 heteroatoms. The first-order valence-corrected chi connectivity index (χ1v) is 10.5. The number of carbonyl (C=O) groups excluding carboxylic acids is 1. The van der Waals surface area contributed by atoms with Crippen LogP contribution in [0.15, 0.2) is 42.5 Å². The Morgan fingerprint density at radius 1 is 1.21 bits per heavy atom. The second-order valence-electron chi connectivity index (χ2n) is 7.95. The molecule has 0 unspecified atom stereocenters. The van der Waals surface area contributed by atoms with Gasteiger partial charge in [0, 0.05) is 49.7 Å². The number of piperidine rings is 1. The Balaban J connectivity index is 1.38. The fourth-order valence-corrected chi connectivity index (χ4v) is 3.84. The summed E-state index contributed by atoms with van der Waals surface area (Å²) in [7, 11) is 0. The van der Waals surface area contributed by atoms with Crippen molar-refractivity contribution in [1.82, 2.24) is 15.2 Å². The molecular weight excluding hydrogens is 364 g/mol. The number of nitrogens with one attached hydrogen (secondary N) is 2. The molecule has 0 atom stereocenters. The molecule has 6 nitrogen and oxygen atoms in total. The van der Waals surface area contributed by atoms with Crippen molar-refractivity contribution in [2.24, 2.45) is 0 Å². The van der Waals surface area contributed by atoms with Crippen LogP contribution < -0.4 is 10.6 Å². The van der Waals surface area contributed by atoms with Gasteiger partial charge >= 0.3 is 6.03 Å². The highest BCUT2D eigenvalue weighted by atomic mass is 16.3. The van der Waals surface area contributed by atoms with E-state index in [1.165, 1.54) is 5.56 Å². The summed E-state index contributed by atoms with van der Waals surface area (Å²) in [5.74, 6) is 0. The van der Waals surface area contributed by atoms with Crippen molar-refractivity contribution in [3.63, 3.8) is 0 Å². The average molecular weight is 397 g/mol. The molecule has 3 N–H and O–H groups in total. The quantitative estimate of drug-likeness (QED) is 0.672. The number of urea groups is 1. The van der Waals surface area contributed by atoms with Crippen LogP contribution in [0.2, 0.25) is 0 Å². The van der Waals surface area contributed by atoms with E-state index in [0.29, 0.717) is 13.0 Å². The summed E-state index contributed by atoms with van der Waals surface area (Å²) in [6, 6.07) is 13.7. The van der Waals surface area contributed by atoms with E-state index in [9.17, 15) is 9.90 Å². The predicted molar refractivity (Wildman–Crippen MR) is 116 cm³/mol. The van der Waals surface area contributed by atoms with Gasteiger partial charge in [0.1, 0.15) is 0 Å². The van der Waals surface area contributed by atoms with Crippen LogP contribution in [-0.4, -0.2) is 52.8 Å². The summed E-state index contributed by atoms with van der Waals surface area (Å²) < 4.78 is 0. The number of benzene rings is 1. The summed E-state index contributed by atoms with van der Waals surface area (Å²) >= 11 is 0. The molecule has 0 spiro atoms. The molecule has 1 aliphatic rings. The molecule has 29 heavy (non-hydrogen) atoms. The molecule has 1 aromatic heterocycles. The minimum Gasteiger partial charge on any atom is -0.389 e. The van der Waals surface area contributed by atoms with Crippen LogP contribution in [-0.2, 0) is 12.8 Å². The maximum Gasteiger partial charge on any atom is 0.319 e. The van der Waals surface area contributed by atoms with E-state index in [-0.39, 0.29) is 6.03 Å². The number of aromatic nitrogens is 1. The van der Waals surface area contributed by atoms with E-state index in [4.69, 9.17) is 0 Å². The highest BCUT2D eigenvalue weighted by Crippen LogP contribution is 2.26. The zero-order valence-corrected chi connectivity index (χ0v) is 17.4. The Morgan fingerprint density at radius 2 is 1.93 bits per heavy atom. The van der Waals surface area contributed by atoms with E-state index >= 15 is 0 Å². The third-order valence-electron chi connectivity index (χ3n) is 5.50. The highest BCUT2D eigenvalue weighted by Gasteiger charge is 2.32. The van der Waals surface area contributed by atoms with Crippen LogP contribution in [0.5, 0.6) is 0 Å². The van der Waals surface area contributed by atoms with Crippen molar-refractivity contribution < 1.29 is 9.90 Å². The van der Waals surface area contributed by atoms with Gasteiger partial charge < -0.3 is 20.6 Å². The van der Waals surface area contributed by atoms with E-state index in [0.717, 1.165) is 56.0 Å². The maximum absolute atomic E-state index is 12.2. The molecule has 2 amide bonds. The van der Waals surface area contributed by atoms with Gasteiger partial charge in [-0.1, -0.05) is 37.3 Å². The normalized spacial score (nSPS) is 16.4. The minimum absolute atomic E-state index is 0.199. The number of pyridine rings is 1. The van der Waals surface area contributed by atoms with Crippen molar-refractivity contribution in [3.05, 3.63) is 59.4 Å². The van der Waals surface area contributed by atoms with Gasteiger partial charge in [-0.15, -0.1) is 0 Å². The summed E-state index contributed by atoms with van der Waals surface area (Å²) in [6.45, 7) is 7.02. The minimum atomic E-state index is -0.626. The molecule has 2 heterocycles. The first kappa shape index (κ1) is 21.3. The Bertz CT molecular complexity index is 802. The van der Waals surface area contributed by atoms with Crippen molar-refractivity contribution in [3.8, 4) is 0 Å². The molecule has 0 radical (unpaired) electrons. The highest BCUT2D eigenvalue weighted by molar-refractivity contribution is 5.89. The second kappa shape index (κ2) is 9.85. The molecule has 1 fully saturated rings. The lowest BCUT2D eigenvalue weighted by Gasteiger charge is -2.38. The van der Waals surface area contributed by atoms with Crippen LogP contribution in [0.3, 0.4) is 0 Å². The van der Waals surface area contributed by atoms with Crippen molar-refractivity contribution >= 4 is 11.7 Å². The Hall–Kier alpha value is -2.44. The van der Waals surface area contributed by atoms with Gasteiger partial charge in [0.15, 0.2) is 0 Å². The van der Waals surface area contributed by atoms with Crippen molar-refractivity contribution in [1.29, 1.82) is 0 Å². The number of aliphatic hydroxyl groups is 1. The van der Waals surface area contributed by atoms with Crippen LogP contribution in [0.1, 0.15) is 36.7 Å². The lowest BCUT2D eigenvalue weighted by atomic mass is 9.85. The summed E-state index contributed by atoms with van der Waals surface area (Å²) in [5, 5.41) is 16.7. The third-order valence-corrected chi connectivity index (χ3v) is 5.50. The van der Waals surface area contributed by atoms with Crippen molar-refractivity contribution in [2.75, 3.05) is 31.5 Å². The number of carbonyl (C=O) groups is 1. The number of rotatable bonds is 7. The van der Waals surface area contributed by atoms with Crippen LogP contribution in [0, 0.1) is 6.92 Å². The molecule has 0 saturated carbocycles. The SMILES string of the molecule is CCc1cc(NC(=O)NCCN2CCC(O)(Cc3ccccc3)CC2)cc(C)n1. The van der Waals surface area contributed by atoms with Gasteiger partial charge in [-0.25, -0.2) is 4.79 Å². The monoisotopic (exact) mass is 396 g/mol. The fourth-order valence-electron chi connectivity index (χ4n) is 3.84. The molecule has 0 bridgehead atoms. The molecule has 2 aromatic rings. The fraction of sp³-hybridized carbons (Fsp3) is 0.478. The average Bonchev–Trinajstić information content (AvgIpc) is 2.70. The molecule has 156 valence electrons. The van der Waals surface area contributed by atoms with E-state index < -0.39 is 5.60 Å². The van der Waals surface area contributed by atoms with Crippen molar-refractivity contribution in [2.45, 2.75) is 45.1 Å². The van der Waals surface area contributed by atoms with Crippen LogP contribution in [0.25, 0.3) is 0 Å². The summed E-state index contributed by atoms with van der Waals surface area (Å²) in [4.78, 5) is 18.9. The first-order valence-electron chi connectivity index (χ1n) is 10.5. The van der Waals surface area contributed by atoms with E-state index in [2.05, 4.69) is 32.7 Å². The third kappa shape index (κ3) is 6.54. The standard InChI is InChI=1S/C23H32N4O2/c1-3-20-16-21(15-18(2)25-20)26-22(28)24-11-14-27-12-9-23(29,10-13-27)17-19-7-5-4-6-8-19/h4-8,15-16,29H,3,9-14,17H2,1-2H3,(H2,24,25,26,28). The predicted octanol–water partition coefficient (Wildman–Crippen LogP) is 3.14. The van der Waals surface area contributed by atoms with Gasteiger partial charge in [0.05, 0.1) is 5.60 Å². The van der Waals surface area contributed by atoms with Gasteiger partial charge in [-0.3, -0.25) is 4.98 Å².